The number of imidazole rings is 1. The van der Waals surface area contributed by atoms with Crippen LogP contribution < -0.4 is 0 Å². The van der Waals surface area contributed by atoms with Crippen LogP contribution in [0.1, 0.15) is 49.9 Å². The molecule has 2 heterocycles. The molecule has 1 atom stereocenters. The average molecular weight is 426 g/mol. The van der Waals surface area contributed by atoms with E-state index in [0.717, 1.165) is 11.3 Å². The second-order valence-corrected chi connectivity index (χ2v) is 8.07. The molecule has 3 rings (SSSR count). The predicted octanol–water partition coefficient (Wildman–Crippen LogP) is 4.83. The van der Waals surface area contributed by atoms with Gasteiger partial charge in [0, 0.05) is 42.8 Å². The Labute approximate surface area is 178 Å². The van der Waals surface area contributed by atoms with Crippen LogP contribution in [-0.2, 0) is 16.0 Å². The van der Waals surface area contributed by atoms with E-state index in [9.17, 15) is 14.9 Å². The second kappa shape index (κ2) is 9.53. The third-order valence-electron chi connectivity index (χ3n) is 4.32. The quantitative estimate of drug-likeness (QED) is 0.312. The number of hydrogen-bond donors (Lipinski definition) is 1. The Bertz CT molecular complexity index is 1040. The molecule has 0 spiro atoms. The summed E-state index contributed by atoms with van der Waals surface area (Å²) in [5, 5.41) is 11.8. The summed E-state index contributed by atoms with van der Waals surface area (Å²) in [6, 6.07) is 10.1. The van der Waals surface area contributed by atoms with Crippen LogP contribution in [0.5, 0.6) is 0 Å². The van der Waals surface area contributed by atoms with Crippen molar-refractivity contribution in [2.75, 3.05) is 0 Å². The van der Waals surface area contributed by atoms with Crippen LogP contribution in [0, 0.1) is 10.1 Å². The smallest absolute Gasteiger partial charge is 0.303 e. The van der Waals surface area contributed by atoms with Gasteiger partial charge in [-0.15, -0.1) is 0 Å². The molecule has 0 bridgehead atoms. The SMILES string of the molecule is CC(=O)OC(Cc1ccncc1)c1nc(Sc2cccc([N+](=O)[O-])c2)c(C(C)C)[nH]1. The Kier molecular flexibility index (Phi) is 6.83. The Hall–Kier alpha value is -3.20. The highest BCUT2D eigenvalue weighted by atomic mass is 32.2. The van der Waals surface area contributed by atoms with Crippen LogP contribution in [0.4, 0.5) is 5.69 Å². The molecule has 0 fully saturated rings. The summed E-state index contributed by atoms with van der Waals surface area (Å²) in [5.41, 5.74) is 1.87. The first-order valence-electron chi connectivity index (χ1n) is 9.41. The van der Waals surface area contributed by atoms with Crippen molar-refractivity contribution in [3.8, 4) is 0 Å². The lowest BCUT2D eigenvalue weighted by Gasteiger charge is -2.15. The average Bonchev–Trinajstić information content (AvgIpc) is 3.12. The van der Waals surface area contributed by atoms with E-state index in [1.54, 1.807) is 24.5 Å². The number of esters is 1. The number of nitrogens with one attached hydrogen (secondary N) is 1. The van der Waals surface area contributed by atoms with Crippen LogP contribution in [-0.4, -0.2) is 25.8 Å². The fourth-order valence-corrected chi connectivity index (χ4v) is 4.00. The molecule has 0 saturated carbocycles. The van der Waals surface area contributed by atoms with Crippen LogP contribution >= 0.6 is 11.8 Å². The van der Waals surface area contributed by atoms with Crippen LogP contribution in [0.25, 0.3) is 0 Å². The van der Waals surface area contributed by atoms with Gasteiger partial charge in [-0.2, -0.15) is 0 Å². The standard InChI is InChI=1S/C21H22N4O4S/c1-13(2)19-21(30-17-6-4-5-16(12-17)25(27)28)24-20(23-19)18(29-14(3)26)11-15-7-9-22-10-8-15/h4-10,12-13,18H,11H2,1-3H3,(H,23,24). The normalized spacial score (nSPS) is 12.0. The number of carbonyl (C=O) groups is 1. The van der Waals surface area contributed by atoms with Gasteiger partial charge in [0.05, 0.1) is 10.6 Å². The zero-order chi connectivity index (χ0) is 21.7. The summed E-state index contributed by atoms with van der Waals surface area (Å²) >= 11 is 1.34. The summed E-state index contributed by atoms with van der Waals surface area (Å²) in [7, 11) is 0. The number of ether oxygens (including phenoxy) is 1. The molecule has 8 nitrogen and oxygen atoms in total. The minimum atomic E-state index is -0.582. The number of nitrogens with zero attached hydrogens (tertiary/aromatic N) is 3. The number of pyridine rings is 1. The molecular formula is C21H22N4O4S. The number of non-ortho nitro benzene ring substituents is 1. The van der Waals surface area contributed by atoms with E-state index in [1.165, 1.54) is 30.8 Å². The number of aromatic amines is 1. The van der Waals surface area contributed by atoms with Crippen LogP contribution in [0.3, 0.4) is 0 Å². The predicted molar refractivity (Wildman–Crippen MR) is 112 cm³/mol. The Morgan fingerprint density at radius 2 is 2.00 bits per heavy atom. The molecule has 1 N–H and O–H groups in total. The summed E-state index contributed by atoms with van der Waals surface area (Å²) < 4.78 is 5.54. The van der Waals surface area contributed by atoms with E-state index >= 15 is 0 Å². The lowest BCUT2D eigenvalue weighted by atomic mass is 10.1. The molecule has 0 aliphatic heterocycles. The van der Waals surface area contributed by atoms with Crippen LogP contribution in [0.2, 0.25) is 0 Å². The third-order valence-corrected chi connectivity index (χ3v) is 5.31. The zero-order valence-corrected chi connectivity index (χ0v) is 17.7. The maximum absolute atomic E-state index is 11.7. The summed E-state index contributed by atoms with van der Waals surface area (Å²) in [6.07, 6.45) is 3.24. The minimum Gasteiger partial charge on any atom is -0.454 e. The van der Waals surface area contributed by atoms with Crippen molar-refractivity contribution in [3.05, 3.63) is 76.0 Å². The third kappa shape index (κ3) is 5.44. The fraction of sp³-hybridized carbons (Fsp3) is 0.286. The van der Waals surface area contributed by atoms with Gasteiger partial charge >= 0.3 is 5.97 Å². The summed E-state index contributed by atoms with van der Waals surface area (Å²) in [6.45, 7) is 5.42. The van der Waals surface area contributed by atoms with Gasteiger partial charge in [0.2, 0.25) is 0 Å². The number of nitro groups is 1. The second-order valence-electron chi connectivity index (χ2n) is 7.01. The first-order chi connectivity index (χ1) is 14.3. The molecule has 0 radical (unpaired) electrons. The lowest BCUT2D eigenvalue weighted by molar-refractivity contribution is -0.385. The van der Waals surface area contributed by atoms with Crippen molar-refractivity contribution in [3.63, 3.8) is 0 Å². The van der Waals surface area contributed by atoms with Crippen molar-refractivity contribution in [1.82, 2.24) is 15.0 Å². The highest BCUT2D eigenvalue weighted by Gasteiger charge is 2.24. The molecule has 9 heteroatoms. The molecule has 0 amide bonds. The lowest BCUT2D eigenvalue weighted by Crippen LogP contribution is -2.13. The maximum Gasteiger partial charge on any atom is 0.303 e. The van der Waals surface area contributed by atoms with E-state index < -0.39 is 17.0 Å². The van der Waals surface area contributed by atoms with Gasteiger partial charge in [0.15, 0.2) is 6.10 Å². The minimum absolute atomic E-state index is 0.0253. The Morgan fingerprint density at radius 3 is 2.63 bits per heavy atom. The van der Waals surface area contributed by atoms with E-state index in [-0.39, 0.29) is 11.6 Å². The molecule has 30 heavy (non-hydrogen) atoms. The largest absolute Gasteiger partial charge is 0.454 e. The first kappa shape index (κ1) is 21.5. The number of H-pyrrole nitrogens is 1. The Balaban J connectivity index is 1.93. The number of benzene rings is 1. The molecule has 0 saturated heterocycles. The molecule has 156 valence electrons. The first-order valence-corrected chi connectivity index (χ1v) is 10.2. The molecule has 0 aliphatic rings. The van der Waals surface area contributed by atoms with Gasteiger partial charge in [-0.1, -0.05) is 31.7 Å². The van der Waals surface area contributed by atoms with Gasteiger partial charge in [0.25, 0.3) is 5.69 Å². The van der Waals surface area contributed by atoms with Gasteiger partial charge in [-0.3, -0.25) is 19.9 Å². The number of carbonyl (C=O) groups excluding carboxylic acids is 1. The topological polar surface area (TPSA) is 111 Å². The fourth-order valence-electron chi connectivity index (χ4n) is 2.91. The molecule has 3 aromatic rings. The number of aromatic nitrogens is 3. The van der Waals surface area contributed by atoms with Crippen molar-refractivity contribution >= 4 is 23.4 Å². The highest BCUT2D eigenvalue weighted by Crippen LogP contribution is 2.35. The number of hydrogen-bond acceptors (Lipinski definition) is 7. The van der Waals surface area contributed by atoms with Gasteiger partial charge < -0.3 is 9.72 Å². The van der Waals surface area contributed by atoms with E-state index in [0.29, 0.717) is 22.2 Å². The molecule has 2 aromatic heterocycles. The van der Waals surface area contributed by atoms with Gasteiger partial charge in [-0.05, 0) is 29.7 Å². The highest BCUT2D eigenvalue weighted by molar-refractivity contribution is 7.99. The Morgan fingerprint density at radius 1 is 1.27 bits per heavy atom. The zero-order valence-electron chi connectivity index (χ0n) is 16.9. The number of rotatable bonds is 8. The van der Waals surface area contributed by atoms with Gasteiger partial charge in [0.1, 0.15) is 10.9 Å². The summed E-state index contributed by atoms with van der Waals surface area (Å²) in [5.74, 6) is 0.273. The van der Waals surface area contributed by atoms with Crippen molar-refractivity contribution in [2.24, 2.45) is 0 Å². The molecular weight excluding hydrogens is 404 g/mol. The molecule has 1 unspecified atom stereocenters. The van der Waals surface area contributed by atoms with Gasteiger partial charge in [-0.25, -0.2) is 4.98 Å². The van der Waals surface area contributed by atoms with E-state index in [2.05, 4.69) is 9.97 Å². The maximum atomic E-state index is 11.7. The monoisotopic (exact) mass is 426 g/mol. The van der Waals surface area contributed by atoms with Crippen molar-refractivity contribution < 1.29 is 14.5 Å². The number of nitro benzene ring substituents is 1. The summed E-state index contributed by atoms with van der Waals surface area (Å²) in [4.78, 5) is 35.1. The van der Waals surface area contributed by atoms with Crippen LogP contribution in [0.15, 0.2) is 58.7 Å². The molecule has 0 aliphatic carbocycles. The van der Waals surface area contributed by atoms with E-state index in [4.69, 9.17) is 9.72 Å². The van der Waals surface area contributed by atoms with Crippen molar-refractivity contribution in [2.45, 2.75) is 49.1 Å². The molecule has 1 aromatic carbocycles. The van der Waals surface area contributed by atoms with Crippen molar-refractivity contribution in [1.29, 1.82) is 0 Å². The van der Waals surface area contributed by atoms with E-state index in [1.807, 2.05) is 26.0 Å².